The molecule has 0 saturated carbocycles. The van der Waals surface area contributed by atoms with Gasteiger partial charge < -0.3 is 9.80 Å². The summed E-state index contributed by atoms with van der Waals surface area (Å²) < 4.78 is 0. The van der Waals surface area contributed by atoms with Gasteiger partial charge in [0, 0.05) is 38.6 Å². The predicted octanol–water partition coefficient (Wildman–Crippen LogP) is 3.74. The van der Waals surface area contributed by atoms with E-state index in [-0.39, 0.29) is 5.91 Å². The lowest BCUT2D eigenvalue weighted by atomic mass is 9.68. The van der Waals surface area contributed by atoms with Gasteiger partial charge >= 0.3 is 0 Å². The van der Waals surface area contributed by atoms with E-state index in [9.17, 15) is 4.79 Å². The van der Waals surface area contributed by atoms with E-state index in [0.717, 1.165) is 44.6 Å². The molecule has 1 aromatic carbocycles. The van der Waals surface area contributed by atoms with Gasteiger partial charge in [0.2, 0.25) is 5.91 Å². The van der Waals surface area contributed by atoms with Gasteiger partial charge in [-0.25, -0.2) is 0 Å². The first-order chi connectivity index (χ1) is 13.7. The molecule has 1 aromatic heterocycles. The Labute approximate surface area is 168 Å². The van der Waals surface area contributed by atoms with Crippen LogP contribution in [0.2, 0.25) is 0 Å². The van der Waals surface area contributed by atoms with Crippen molar-refractivity contribution < 1.29 is 4.79 Å². The molecule has 4 nitrogen and oxygen atoms in total. The minimum absolute atomic E-state index is 0.241. The number of aromatic nitrogens is 1. The molecule has 2 aliphatic rings. The van der Waals surface area contributed by atoms with Crippen LogP contribution in [0, 0.1) is 5.41 Å². The Kier molecular flexibility index (Phi) is 5.77. The molecule has 1 amide bonds. The van der Waals surface area contributed by atoms with Gasteiger partial charge in [-0.15, -0.1) is 0 Å². The second-order valence-electron chi connectivity index (χ2n) is 8.56. The van der Waals surface area contributed by atoms with Crippen molar-refractivity contribution >= 4 is 5.91 Å². The molecule has 2 fully saturated rings. The number of rotatable bonds is 4. The van der Waals surface area contributed by atoms with Crippen LogP contribution in [0.15, 0.2) is 54.9 Å². The minimum Gasteiger partial charge on any atom is -0.342 e. The number of hydrogen-bond acceptors (Lipinski definition) is 3. The first-order valence-corrected chi connectivity index (χ1v) is 10.6. The van der Waals surface area contributed by atoms with E-state index in [1.165, 1.54) is 18.5 Å². The van der Waals surface area contributed by atoms with E-state index < -0.39 is 0 Å². The maximum atomic E-state index is 12.7. The maximum absolute atomic E-state index is 12.7. The molecule has 2 saturated heterocycles. The fourth-order valence-electron chi connectivity index (χ4n) is 5.07. The van der Waals surface area contributed by atoms with E-state index in [2.05, 4.69) is 52.0 Å². The minimum atomic E-state index is 0.241. The van der Waals surface area contributed by atoms with Crippen LogP contribution in [-0.2, 0) is 11.2 Å². The number of likely N-dealkylation sites (N-methyl/N-ethyl adjacent to an activating group) is 1. The molecule has 2 aliphatic heterocycles. The van der Waals surface area contributed by atoms with Gasteiger partial charge in [0.15, 0.2) is 0 Å². The predicted molar refractivity (Wildman–Crippen MR) is 112 cm³/mol. The zero-order valence-corrected chi connectivity index (χ0v) is 16.9. The number of nitrogens with zero attached hydrogens (tertiary/aromatic N) is 3. The second-order valence-corrected chi connectivity index (χ2v) is 8.56. The summed E-state index contributed by atoms with van der Waals surface area (Å²) in [6.07, 6.45) is 7.50. The molecule has 0 aliphatic carbocycles. The van der Waals surface area contributed by atoms with Crippen LogP contribution >= 0.6 is 0 Å². The Morgan fingerprint density at radius 3 is 2.61 bits per heavy atom. The van der Waals surface area contributed by atoms with Crippen molar-refractivity contribution in [2.24, 2.45) is 5.41 Å². The molecule has 1 atom stereocenters. The maximum Gasteiger partial charge on any atom is 0.227 e. The highest BCUT2D eigenvalue weighted by atomic mass is 16.2. The number of piperidine rings is 2. The molecule has 0 N–H and O–H groups in total. The molecule has 0 radical (unpaired) electrons. The largest absolute Gasteiger partial charge is 0.342 e. The van der Waals surface area contributed by atoms with Crippen LogP contribution < -0.4 is 0 Å². The summed E-state index contributed by atoms with van der Waals surface area (Å²) in [4.78, 5) is 21.6. The first kappa shape index (κ1) is 19.1. The molecule has 0 unspecified atom stereocenters. The van der Waals surface area contributed by atoms with Gasteiger partial charge in [0.05, 0.1) is 6.42 Å². The summed E-state index contributed by atoms with van der Waals surface area (Å²) in [6, 6.07) is 14.9. The van der Waals surface area contributed by atoms with E-state index in [1.807, 2.05) is 12.1 Å². The Hall–Kier alpha value is -2.20. The smallest absolute Gasteiger partial charge is 0.227 e. The third-order valence-electron chi connectivity index (χ3n) is 6.69. The van der Waals surface area contributed by atoms with E-state index in [1.54, 1.807) is 12.4 Å². The first-order valence-electron chi connectivity index (χ1n) is 10.6. The normalized spacial score (nSPS) is 22.3. The van der Waals surface area contributed by atoms with Crippen molar-refractivity contribution in [3.05, 3.63) is 66.0 Å². The molecule has 1 spiro atoms. The standard InChI is InChI=1S/C24H31N3O/c1-2-26-18-22(21-8-4-3-5-9-21)16-24(19-26)10-13-27(14-11-24)23(28)15-20-7-6-12-25-17-20/h3-9,12,17,22H,2,10-11,13-16,18-19H2,1H3/t22-/m0/s1. The zero-order valence-electron chi connectivity index (χ0n) is 16.9. The molecule has 4 rings (SSSR count). The zero-order chi connectivity index (χ0) is 19.4. The highest BCUT2D eigenvalue weighted by Gasteiger charge is 2.42. The lowest BCUT2D eigenvalue weighted by Gasteiger charge is -2.50. The van der Waals surface area contributed by atoms with Gasteiger partial charge in [-0.3, -0.25) is 9.78 Å². The molecule has 3 heterocycles. The van der Waals surface area contributed by atoms with Crippen molar-refractivity contribution in [3.8, 4) is 0 Å². The van der Waals surface area contributed by atoms with Crippen molar-refractivity contribution in [1.82, 2.24) is 14.8 Å². The number of carbonyl (C=O) groups is 1. The van der Waals surface area contributed by atoms with Gasteiger partial charge in [-0.1, -0.05) is 43.3 Å². The number of hydrogen-bond donors (Lipinski definition) is 0. The lowest BCUT2D eigenvalue weighted by Crippen LogP contribution is -2.52. The molecular formula is C24H31N3O. The molecule has 2 aromatic rings. The summed E-state index contributed by atoms with van der Waals surface area (Å²) >= 11 is 0. The van der Waals surface area contributed by atoms with Crippen LogP contribution in [0.1, 0.15) is 43.2 Å². The Morgan fingerprint density at radius 2 is 1.93 bits per heavy atom. The van der Waals surface area contributed by atoms with Gasteiger partial charge in [-0.05, 0) is 54.3 Å². The lowest BCUT2D eigenvalue weighted by molar-refractivity contribution is -0.133. The summed E-state index contributed by atoms with van der Waals surface area (Å²) in [5.74, 6) is 0.846. The summed E-state index contributed by atoms with van der Waals surface area (Å²) in [7, 11) is 0. The van der Waals surface area contributed by atoms with Crippen molar-refractivity contribution in [2.45, 2.75) is 38.5 Å². The average molecular weight is 378 g/mol. The Bertz CT molecular complexity index is 769. The Morgan fingerprint density at radius 1 is 1.14 bits per heavy atom. The highest BCUT2D eigenvalue weighted by molar-refractivity contribution is 5.78. The van der Waals surface area contributed by atoms with Crippen LogP contribution in [0.5, 0.6) is 0 Å². The Balaban J connectivity index is 1.41. The van der Waals surface area contributed by atoms with Gasteiger partial charge in [0.1, 0.15) is 0 Å². The fourth-order valence-corrected chi connectivity index (χ4v) is 5.07. The third-order valence-corrected chi connectivity index (χ3v) is 6.69. The summed E-state index contributed by atoms with van der Waals surface area (Å²) in [6.45, 7) is 7.49. The van der Waals surface area contributed by atoms with Crippen molar-refractivity contribution in [3.63, 3.8) is 0 Å². The van der Waals surface area contributed by atoms with Crippen LogP contribution in [-0.4, -0.2) is 53.4 Å². The van der Waals surface area contributed by atoms with E-state index >= 15 is 0 Å². The SMILES string of the molecule is CCN1C[C@@H](c2ccccc2)CC2(CCN(C(=O)Cc3cccnc3)CC2)C1. The summed E-state index contributed by atoms with van der Waals surface area (Å²) in [5.41, 5.74) is 2.82. The molecular weight excluding hydrogens is 346 g/mol. The monoisotopic (exact) mass is 377 g/mol. The van der Waals surface area contributed by atoms with E-state index in [4.69, 9.17) is 0 Å². The van der Waals surface area contributed by atoms with Crippen molar-refractivity contribution in [1.29, 1.82) is 0 Å². The van der Waals surface area contributed by atoms with Crippen molar-refractivity contribution in [2.75, 3.05) is 32.7 Å². The molecule has 0 bridgehead atoms. The van der Waals surface area contributed by atoms with E-state index in [0.29, 0.717) is 17.8 Å². The van der Waals surface area contributed by atoms with Crippen LogP contribution in [0.4, 0.5) is 0 Å². The number of pyridine rings is 1. The topological polar surface area (TPSA) is 36.4 Å². The third kappa shape index (κ3) is 4.27. The summed E-state index contributed by atoms with van der Waals surface area (Å²) in [5, 5.41) is 0. The number of benzene rings is 1. The fraction of sp³-hybridized carbons (Fsp3) is 0.500. The number of carbonyl (C=O) groups excluding carboxylic acids is 1. The average Bonchev–Trinajstić information content (AvgIpc) is 2.75. The molecule has 28 heavy (non-hydrogen) atoms. The quantitative estimate of drug-likeness (QED) is 0.814. The van der Waals surface area contributed by atoms with Gasteiger partial charge in [-0.2, -0.15) is 0 Å². The number of likely N-dealkylation sites (tertiary alicyclic amines) is 2. The number of amides is 1. The second kappa shape index (κ2) is 8.44. The highest BCUT2D eigenvalue weighted by Crippen LogP contribution is 2.45. The molecule has 148 valence electrons. The molecule has 4 heteroatoms. The van der Waals surface area contributed by atoms with Gasteiger partial charge in [0.25, 0.3) is 0 Å². The van der Waals surface area contributed by atoms with Crippen LogP contribution in [0.3, 0.4) is 0 Å². The van der Waals surface area contributed by atoms with Crippen LogP contribution in [0.25, 0.3) is 0 Å².